The van der Waals surface area contributed by atoms with Crippen LogP contribution in [0.5, 0.6) is 0 Å². The fraction of sp³-hybridized carbons (Fsp3) is 1.00. The Morgan fingerprint density at radius 1 is 0.300 bits per heavy atom. The maximum absolute atomic E-state index is 2.38. The molecule has 0 saturated carbocycles. The smallest absolute Gasteiger partial charge is 0.0549 e. The molecule has 0 aromatic heterocycles. The highest BCUT2D eigenvalue weighted by Crippen LogP contribution is 2.41. The Labute approximate surface area is 264 Å². The summed E-state index contributed by atoms with van der Waals surface area (Å²) in [5.74, 6) is 0. The first-order valence-corrected chi connectivity index (χ1v) is 20.7. The van der Waals surface area contributed by atoms with Crippen LogP contribution in [0.15, 0.2) is 0 Å². The molecule has 40 heavy (non-hydrogen) atoms. The molecule has 0 fully saturated rings. The summed E-state index contributed by atoms with van der Waals surface area (Å²) in [6, 6.07) is 0. The van der Waals surface area contributed by atoms with Crippen molar-refractivity contribution in [3.8, 4) is 0 Å². The molecule has 1 unspecified atom stereocenters. The minimum absolute atomic E-state index is 0. The van der Waals surface area contributed by atoms with E-state index in [1.807, 2.05) is 0 Å². The molecule has 0 radical (unpaired) electrons. The number of halogens is 1. The molecule has 0 heterocycles. The van der Waals surface area contributed by atoms with Gasteiger partial charge < -0.3 is 12.4 Å². The molecule has 2 heteroatoms. The summed E-state index contributed by atoms with van der Waals surface area (Å²) in [7, 11) is 0.756. The van der Waals surface area contributed by atoms with Crippen LogP contribution in [0, 0.1) is 5.41 Å². The van der Waals surface area contributed by atoms with Crippen LogP contribution >= 0.6 is 8.58 Å². The quantitative estimate of drug-likeness (QED) is 0.0507. The van der Waals surface area contributed by atoms with Crippen LogP contribution in [-0.2, 0) is 0 Å². The van der Waals surface area contributed by atoms with Crippen molar-refractivity contribution in [1.82, 2.24) is 0 Å². The molecule has 0 nitrogen and oxygen atoms in total. The molecule has 0 aromatic rings. The zero-order chi connectivity index (χ0) is 28.5. The SMILES string of the molecule is CCCCCCCCCCCCCCCC[PH2+]CCCCCCCCCC(CCCC)(CCCC)CCCC.[Cl-]. The molecule has 0 aromatic carbocycles. The van der Waals surface area contributed by atoms with Gasteiger partial charge in [0.25, 0.3) is 0 Å². The van der Waals surface area contributed by atoms with Gasteiger partial charge in [-0.2, -0.15) is 0 Å². The second kappa shape index (κ2) is 35.9. The molecule has 0 spiro atoms. The van der Waals surface area contributed by atoms with Gasteiger partial charge in [0.1, 0.15) is 0 Å². The van der Waals surface area contributed by atoms with Gasteiger partial charge in [-0.05, 0) is 65.4 Å². The Morgan fingerprint density at radius 2 is 0.550 bits per heavy atom. The van der Waals surface area contributed by atoms with Gasteiger partial charge in [-0.3, -0.25) is 0 Å². The average Bonchev–Trinajstić information content (AvgIpc) is 2.95. The highest BCUT2D eigenvalue weighted by molar-refractivity contribution is 7.37. The van der Waals surface area contributed by atoms with Gasteiger partial charge in [0.05, 0.1) is 12.3 Å². The Morgan fingerprint density at radius 3 is 0.875 bits per heavy atom. The summed E-state index contributed by atoms with van der Waals surface area (Å²) < 4.78 is 0. The molecule has 0 aliphatic carbocycles. The Hall–Kier alpha value is 0.720. The van der Waals surface area contributed by atoms with Crippen LogP contribution in [0.1, 0.15) is 227 Å². The van der Waals surface area contributed by atoms with Crippen LogP contribution < -0.4 is 12.4 Å². The van der Waals surface area contributed by atoms with Crippen molar-refractivity contribution in [2.24, 2.45) is 5.41 Å². The summed E-state index contributed by atoms with van der Waals surface area (Å²) in [6.45, 7) is 9.46. The van der Waals surface area contributed by atoms with Gasteiger partial charge in [0, 0.05) is 0 Å². The molecule has 0 bridgehead atoms. The first kappa shape index (κ1) is 42.9. The van der Waals surface area contributed by atoms with Crippen LogP contribution in [0.3, 0.4) is 0 Å². The van der Waals surface area contributed by atoms with Gasteiger partial charge in [0.15, 0.2) is 0 Å². The van der Waals surface area contributed by atoms with E-state index >= 15 is 0 Å². The molecule has 0 aliphatic heterocycles. The van der Waals surface area contributed by atoms with Crippen LogP contribution in [0.4, 0.5) is 0 Å². The van der Waals surface area contributed by atoms with Crippen LogP contribution in [0.25, 0.3) is 0 Å². The zero-order valence-corrected chi connectivity index (χ0v) is 30.7. The fourth-order valence-electron chi connectivity index (χ4n) is 6.71. The highest BCUT2D eigenvalue weighted by Gasteiger charge is 2.27. The lowest BCUT2D eigenvalue weighted by Crippen LogP contribution is -3.00. The van der Waals surface area contributed by atoms with E-state index in [0.717, 1.165) is 8.58 Å². The third kappa shape index (κ3) is 30.2. The third-order valence-corrected chi connectivity index (χ3v) is 11.2. The number of unbranched alkanes of at least 4 members (excludes halogenated alkanes) is 22. The normalized spacial score (nSPS) is 12.0. The second-order valence-electron chi connectivity index (χ2n) is 13.5. The Bertz CT molecular complexity index is 415. The monoisotopic (exact) mass is 603 g/mol. The molecule has 0 amide bonds. The van der Waals surface area contributed by atoms with E-state index in [-0.39, 0.29) is 12.4 Å². The number of hydrogen-bond donors (Lipinski definition) is 0. The molecule has 244 valence electrons. The first-order chi connectivity index (χ1) is 19.2. The third-order valence-electron chi connectivity index (χ3n) is 9.56. The number of rotatable bonds is 34. The topological polar surface area (TPSA) is 0 Å². The lowest BCUT2D eigenvalue weighted by Gasteiger charge is -2.35. The van der Waals surface area contributed by atoms with E-state index in [2.05, 4.69) is 27.7 Å². The van der Waals surface area contributed by atoms with Gasteiger partial charge in [-0.15, -0.1) is 0 Å². The molecule has 0 aliphatic rings. The van der Waals surface area contributed by atoms with Crippen molar-refractivity contribution in [3.63, 3.8) is 0 Å². The van der Waals surface area contributed by atoms with E-state index in [1.54, 1.807) is 12.3 Å². The molecular formula is C38H80ClP. The van der Waals surface area contributed by atoms with E-state index in [4.69, 9.17) is 0 Å². The van der Waals surface area contributed by atoms with Gasteiger partial charge >= 0.3 is 0 Å². The average molecular weight is 603 g/mol. The maximum Gasteiger partial charge on any atom is 0.0549 e. The molecule has 0 saturated heterocycles. The summed E-state index contributed by atoms with van der Waals surface area (Å²) >= 11 is 0. The second-order valence-corrected chi connectivity index (χ2v) is 15.2. The molecular weight excluding hydrogens is 523 g/mol. The van der Waals surface area contributed by atoms with Crippen molar-refractivity contribution >= 4 is 8.58 Å². The molecule has 0 N–H and O–H groups in total. The Balaban J connectivity index is 0. The largest absolute Gasteiger partial charge is 1.00 e. The van der Waals surface area contributed by atoms with E-state index in [1.165, 1.54) is 199 Å². The summed E-state index contributed by atoms with van der Waals surface area (Å²) in [5, 5.41) is 0. The minimum Gasteiger partial charge on any atom is -1.00 e. The van der Waals surface area contributed by atoms with E-state index in [0.29, 0.717) is 5.41 Å². The number of hydrogen-bond acceptors (Lipinski definition) is 0. The van der Waals surface area contributed by atoms with E-state index < -0.39 is 0 Å². The molecule has 0 rings (SSSR count). The van der Waals surface area contributed by atoms with Gasteiger partial charge in [0.2, 0.25) is 0 Å². The summed E-state index contributed by atoms with van der Waals surface area (Å²) in [4.78, 5) is 0. The van der Waals surface area contributed by atoms with Gasteiger partial charge in [-0.1, -0.05) is 175 Å². The molecule has 1 atom stereocenters. The predicted octanol–water partition coefficient (Wildman–Crippen LogP) is 11.6. The van der Waals surface area contributed by atoms with Gasteiger partial charge in [-0.25, -0.2) is 0 Å². The minimum atomic E-state index is 0. The maximum atomic E-state index is 2.38. The predicted molar refractivity (Wildman–Crippen MR) is 188 cm³/mol. The zero-order valence-electron chi connectivity index (χ0n) is 28.8. The van der Waals surface area contributed by atoms with Crippen molar-refractivity contribution in [2.45, 2.75) is 227 Å². The van der Waals surface area contributed by atoms with Crippen molar-refractivity contribution in [2.75, 3.05) is 12.3 Å². The summed E-state index contributed by atoms with van der Waals surface area (Å²) in [6.07, 6.45) is 49.0. The van der Waals surface area contributed by atoms with E-state index in [9.17, 15) is 0 Å². The van der Waals surface area contributed by atoms with Crippen LogP contribution in [0.2, 0.25) is 0 Å². The fourth-order valence-corrected chi connectivity index (χ4v) is 8.15. The van der Waals surface area contributed by atoms with Crippen molar-refractivity contribution in [1.29, 1.82) is 0 Å². The highest BCUT2D eigenvalue weighted by atomic mass is 35.5. The lowest BCUT2D eigenvalue weighted by molar-refractivity contribution is -0.00000904. The van der Waals surface area contributed by atoms with Crippen molar-refractivity contribution in [3.05, 3.63) is 0 Å². The van der Waals surface area contributed by atoms with Crippen molar-refractivity contribution < 1.29 is 12.4 Å². The standard InChI is InChI=1S/C38H79P.ClH/c1-5-9-13-14-15-16-17-18-19-20-21-24-27-30-36-39-37-31-28-25-22-23-26-29-35-38(32-10-6-2,33-11-7-3)34-12-8-4;/h39H,5-37H2,1-4H3;1H. The van der Waals surface area contributed by atoms with Crippen LogP contribution in [-0.4, -0.2) is 12.3 Å². The lowest BCUT2D eigenvalue weighted by atomic mass is 9.71. The Kier molecular flexibility index (Phi) is 38.5. The summed E-state index contributed by atoms with van der Waals surface area (Å²) in [5.41, 5.74) is 0.692. The first-order valence-electron chi connectivity index (χ1n) is 19.1.